The van der Waals surface area contributed by atoms with Crippen LogP contribution in [-0.4, -0.2) is 22.4 Å². The summed E-state index contributed by atoms with van der Waals surface area (Å²) in [7, 11) is 0. The van der Waals surface area contributed by atoms with Gasteiger partial charge in [-0.1, -0.05) is 42.5 Å². The molecule has 31 heavy (non-hydrogen) atoms. The van der Waals surface area contributed by atoms with Crippen molar-refractivity contribution in [2.24, 2.45) is 0 Å². The maximum atomic E-state index is 13.3. The summed E-state index contributed by atoms with van der Waals surface area (Å²) >= 11 is 3.03. The number of carbonyl (C=O) groups is 1. The molecule has 4 rings (SSSR count). The number of thiazole rings is 2. The van der Waals surface area contributed by atoms with Crippen molar-refractivity contribution >= 4 is 33.7 Å². The number of nitrogens with zero attached hydrogens (tertiary/aromatic N) is 3. The molecule has 5 nitrogen and oxygen atoms in total. The Hall–Kier alpha value is -3.29. The number of rotatable bonds is 8. The summed E-state index contributed by atoms with van der Waals surface area (Å²) in [5.74, 6) is 0.475. The minimum absolute atomic E-state index is 0.149. The normalized spacial score (nSPS) is 10.6. The smallest absolute Gasteiger partial charge is 0.260 e. The lowest BCUT2D eigenvalue weighted by Crippen LogP contribution is -2.31. The van der Waals surface area contributed by atoms with Crippen molar-refractivity contribution in [3.8, 4) is 17.0 Å². The highest BCUT2D eigenvalue weighted by molar-refractivity contribution is 7.14. The van der Waals surface area contributed by atoms with Crippen molar-refractivity contribution in [1.29, 1.82) is 0 Å². The van der Waals surface area contributed by atoms with E-state index < -0.39 is 0 Å². The van der Waals surface area contributed by atoms with Gasteiger partial charge in [0.05, 0.1) is 16.4 Å². The second-order valence-electron chi connectivity index (χ2n) is 6.76. The molecule has 0 saturated heterocycles. The zero-order valence-corrected chi connectivity index (χ0v) is 18.7. The Kier molecular flexibility index (Phi) is 6.54. The van der Waals surface area contributed by atoms with E-state index in [9.17, 15) is 4.79 Å². The maximum Gasteiger partial charge on any atom is 0.260 e. The zero-order valence-electron chi connectivity index (χ0n) is 17.0. The SMILES string of the molecule is C=CCN(C(=O)c1cccc(OCc2csc(C)n2)c1)c1nc(-c2ccccc2)cs1. The fraction of sp³-hybridized carbons (Fsp3) is 0.125. The lowest BCUT2D eigenvalue weighted by Gasteiger charge is -2.18. The molecule has 0 aliphatic heterocycles. The number of ether oxygens (including phenoxy) is 1. The van der Waals surface area contributed by atoms with Crippen molar-refractivity contribution in [2.75, 3.05) is 11.4 Å². The van der Waals surface area contributed by atoms with E-state index in [1.807, 2.05) is 60.1 Å². The van der Waals surface area contributed by atoms with Gasteiger partial charge >= 0.3 is 0 Å². The van der Waals surface area contributed by atoms with Crippen molar-refractivity contribution in [1.82, 2.24) is 9.97 Å². The van der Waals surface area contributed by atoms with Crippen LogP contribution >= 0.6 is 22.7 Å². The van der Waals surface area contributed by atoms with Gasteiger partial charge in [0.15, 0.2) is 5.13 Å². The predicted molar refractivity (Wildman–Crippen MR) is 127 cm³/mol. The van der Waals surface area contributed by atoms with Crippen LogP contribution in [0, 0.1) is 6.92 Å². The number of anilines is 1. The second kappa shape index (κ2) is 9.68. The minimum Gasteiger partial charge on any atom is -0.487 e. The van der Waals surface area contributed by atoms with E-state index in [4.69, 9.17) is 4.74 Å². The van der Waals surface area contributed by atoms with E-state index in [0.29, 0.717) is 29.6 Å². The largest absolute Gasteiger partial charge is 0.487 e. The molecule has 0 aliphatic rings. The topological polar surface area (TPSA) is 55.3 Å². The Bertz CT molecular complexity index is 1180. The first-order valence-corrected chi connectivity index (χ1v) is 11.5. The van der Waals surface area contributed by atoms with Gasteiger partial charge in [0.2, 0.25) is 0 Å². The molecule has 0 bridgehead atoms. The summed E-state index contributed by atoms with van der Waals surface area (Å²) in [5, 5.41) is 5.57. The number of aryl methyl sites for hydroxylation is 1. The van der Waals surface area contributed by atoms with Crippen LogP contribution < -0.4 is 9.64 Å². The summed E-state index contributed by atoms with van der Waals surface area (Å²) < 4.78 is 5.84. The first-order chi connectivity index (χ1) is 15.1. The molecule has 1 amide bonds. The number of carbonyl (C=O) groups excluding carboxylic acids is 1. The van der Waals surface area contributed by atoms with Gasteiger partial charge in [0.1, 0.15) is 12.4 Å². The lowest BCUT2D eigenvalue weighted by atomic mass is 10.2. The van der Waals surface area contributed by atoms with Crippen LogP contribution in [0.1, 0.15) is 21.1 Å². The van der Waals surface area contributed by atoms with Crippen molar-refractivity contribution < 1.29 is 9.53 Å². The van der Waals surface area contributed by atoms with Gasteiger partial charge in [-0.2, -0.15) is 0 Å². The zero-order chi connectivity index (χ0) is 21.6. The highest BCUT2D eigenvalue weighted by Crippen LogP contribution is 2.29. The van der Waals surface area contributed by atoms with Crippen molar-refractivity contribution in [3.05, 3.63) is 94.3 Å². The lowest BCUT2D eigenvalue weighted by molar-refractivity contribution is 0.0989. The maximum absolute atomic E-state index is 13.3. The van der Waals surface area contributed by atoms with Gasteiger partial charge in [-0.15, -0.1) is 29.3 Å². The number of hydrogen-bond donors (Lipinski definition) is 0. The molecule has 0 spiro atoms. The van der Waals surface area contributed by atoms with Gasteiger partial charge in [-0.25, -0.2) is 9.97 Å². The fourth-order valence-corrected chi connectivity index (χ4v) is 4.45. The van der Waals surface area contributed by atoms with E-state index >= 15 is 0 Å². The molecule has 0 saturated carbocycles. The highest BCUT2D eigenvalue weighted by atomic mass is 32.1. The summed E-state index contributed by atoms with van der Waals surface area (Å²) in [6, 6.07) is 17.1. The molecule has 7 heteroatoms. The monoisotopic (exact) mass is 447 g/mol. The summed E-state index contributed by atoms with van der Waals surface area (Å²) in [5.41, 5.74) is 3.27. The number of aromatic nitrogens is 2. The molecule has 0 aliphatic carbocycles. The molecular formula is C24H21N3O2S2. The summed E-state index contributed by atoms with van der Waals surface area (Å²) in [6.45, 7) is 6.49. The Labute approximate surface area is 189 Å². The molecule has 2 aromatic carbocycles. The molecule has 0 unspecified atom stereocenters. The standard InChI is InChI=1S/C24H21N3O2S2/c1-3-12-27(24-26-22(16-31-24)18-8-5-4-6-9-18)23(28)19-10-7-11-21(13-19)29-14-20-15-30-17(2)25-20/h3-11,13,15-16H,1,12,14H2,2H3. The van der Waals surface area contributed by atoms with Gasteiger partial charge in [-0.05, 0) is 25.1 Å². The molecular weight excluding hydrogens is 426 g/mol. The molecule has 0 radical (unpaired) electrons. The van der Waals surface area contributed by atoms with Crippen molar-refractivity contribution in [3.63, 3.8) is 0 Å². The summed E-state index contributed by atoms with van der Waals surface area (Å²) in [4.78, 5) is 24.0. The Morgan fingerprint density at radius 3 is 2.68 bits per heavy atom. The van der Waals surface area contributed by atoms with Gasteiger partial charge < -0.3 is 4.74 Å². The van der Waals surface area contributed by atoms with Crippen LogP contribution in [-0.2, 0) is 6.61 Å². The number of benzene rings is 2. The van der Waals surface area contributed by atoms with Crippen LogP contribution in [0.15, 0.2) is 78.0 Å². The number of amides is 1. The predicted octanol–water partition coefficient (Wildman–Crippen LogP) is 5.99. The van der Waals surface area contributed by atoms with Crippen LogP contribution in [0.4, 0.5) is 5.13 Å². The van der Waals surface area contributed by atoms with Crippen LogP contribution in [0.3, 0.4) is 0 Å². The number of hydrogen-bond acceptors (Lipinski definition) is 6. The van der Waals surface area contributed by atoms with E-state index in [-0.39, 0.29) is 5.91 Å². The quantitative estimate of drug-likeness (QED) is 0.312. The summed E-state index contributed by atoms with van der Waals surface area (Å²) in [6.07, 6.45) is 1.70. The third-order valence-corrected chi connectivity index (χ3v) is 6.17. The third kappa shape index (κ3) is 5.07. The molecule has 2 heterocycles. The molecule has 4 aromatic rings. The Balaban J connectivity index is 1.53. The van der Waals surface area contributed by atoms with E-state index in [1.165, 1.54) is 11.3 Å². The molecule has 0 atom stereocenters. The Morgan fingerprint density at radius 1 is 1.10 bits per heavy atom. The molecule has 2 aromatic heterocycles. The van der Waals surface area contributed by atoms with Crippen LogP contribution in [0.5, 0.6) is 5.75 Å². The van der Waals surface area contributed by atoms with Crippen LogP contribution in [0.2, 0.25) is 0 Å². The average molecular weight is 448 g/mol. The van der Waals surface area contributed by atoms with Crippen LogP contribution in [0.25, 0.3) is 11.3 Å². The highest BCUT2D eigenvalue weighted by Gasteiger charge is 2.20. The van der Waals surface area contributed by atoms with Gasteiger partial charge in [-0.3, -0.25) is 9.69 Å². The van der Waals surface area contributed by atoms with E-state index in [2.05, 4.69) is 16.5 Å². The van der Waals surface area contributed by atoms with E-state index in [1.54, 1.807) is 34.4 Å². The molecule has 0 N–H and O–H groups in total. The van der Waals surface area contributed by atoms with E-state index in [0.717, 1.165) is 22.0 Å². The minimum atomic E-state index is -0.149. The second-order valence-corrected chi connectivity index (χ2v) is 8.66. The average Bonchev–Trinajstić information content (AvgIpc) is 3.46. The van der Waals surface area contributed by atoms with Crippen molar-refractivity contribution in [2.45, 2.75) is 13.5 Å². The van der Waals surface area contributed by atoms with Gasteiger partial charge in [0.25, 0.3) is 5.91 Å². The molecule has 0 fully saturated rings. The fourth-order valence-electron chi connectivity index (χ4n) is 3.01. The third-order valence-electron chi connectivity index (χ3n) is 4.48. The van der Waals surface area contributed by atoms with Gasteiger partial charge in [0, 0.05) is 28.4 Å². The molecule has 156 valence electrons. The first-order valence-electron chi connectivity index (χ1n) is 9.71. The first kappa shape index (κ1) is 21.0. The Morgan fingerprint density at radius 2 is 1.94 bits per heavy atom.